The van der Waals surface area contributed by atoms with Crippen molar-refractivity contribution in [3.8, 4) is 5.75 Å². The molecule has 126 valence electrons. The summed E-state index contributed by atoms with van der Waals surface area (Å²) in [5, 5.41) is 3.50. The molecular weight excluding hydrogens is 274 g/mol. The van der Waals surface area contributed by atoms with E-state index in [1.54, 1.807) is 7.11 Å². The van der Waals surface area contributed by atoms with Gasteiger partial charge in [-0.05, 0) is 57.7 Å². The molecule has 1 rings (SSSR count). The Morgan fingerprint density at radius 2 is 1.86 bits per heavy atom. The van der Waals surface area contributed by atoms with Crippen LogP contribution < -0.4 is 15.0 Å². The highest BCUT2D eigenvalue weighted by molar-refractivity contribution is 5.59. The number of hydrogen-bond donors (Lipinski definition) is 1. The van der Waals surface area contributed by atoms with Crippen molar-refractivity contribution in [2.75, 3.05) is 52.8 Å². The summed E-state index contributed by atoms with van der Waals surface area (Å²) in [5.41, 5.74) is 2.45. The molecule has 4 nitrogen and oxygen atoms in total. The van der Waals surface area contributed by atoms with Gasteiger partial charge in [-0.2, -0.15) is 0 Å². The van der Waals surface area contributed by atoms with Crippen LogP contribution in [0.3, 0.4) is 0 Å². The Balaban J connectivity index is 2.53. The van der Waals surface area contributed by atoms with E-state index in [1.165, 1.54) is 30.5 Å². The Morgan fingerprint density at radius 1 is 1.09 bits per heavy atom. The van der Waals surface area contributed by atoms with Crippen LogP contribution in [-0.2, 0) is 6.54 Å². The summed E-state index contributed by atoms with van der Waals surface area (Å²) in [6.07, 6.45) is 3.58. The number of nitrogens with zero attached hydrogens (tertiary/aromatic N) is 2. The molecule has 0 spiro atoms. The fraction of sp³-hybridized carbons (Fsp3) is 0.667. The van der Waals surface area contributed by atoms with Gasteiger partial charge in [0.1, 0.15) is 5.75 Å². The fourth-order valence-electron chi connectivity index (χ4n) is 2.42. The first-order valence-electron chi connectivity index (χ1n) is 8.32. The van der Waals surface area contributed by atoms with Crippen LogP contribution in [0.15, 0.2) is 18.2 Å². The van der Waals surface area contributed by atoms with E-state index in [2.05, 4.69) is 61.4 Å². The van der Waals surface area contributed by atoms with Crippen LogP contribution in [0.2, 0.25) is 0 Å². The highest BCUT2D eigenvalue weighted by Crippen LogP contribution is 2.28. The van der Waals surface area contributed by atoms with E-state index in [4.69, 9.17) is 4.74 Å². The highest BCUT2D eigenvalue weighted by atomic mass is 16.5. The third kappa shape index (κ3) is 6.67. The molecule has 0 amide bonds. The lowest BCUT2D eigenvalue weighted by Gasteiger charge is -2.22. The van der Waals surface area contributed by atoms with Gasteiger partial charge in [-0.25, -0.2) is 0 Å². The summed E-state index contributed by atoms with van der Waals surface area (Å²) < 4.78 is 5.57. The third-order valence-corrected chi connectivity index (χ3v) is 3.79. The molecule has 1 aromatic rings. The molecule has 0 aliphatic heterocycles. The van der Waals surface area contributed by atoms with Crippen LogP contribution in [0.4, 0.5) is 5.69 Å². The number of rotatable bonds is 11. The van der Waals surface area contributed by atoms with Crippen molar-refractivity contribution in [1.82, 2.24) is 10.2 Å². The molecule has 0 saturated carbocycles. The molecular formula is C18H33N3O. The van der Waals surface area contributed by atoms with Crippen LogP contribution in [0.1, 0.15) is 31.7 Å². The number of anilines is 1. The maximum absolute atomic E-state index is 5.57. The minimum atomic E-state index is 0.892. The molecule has 0 aliphatic carbocycles. The zero-order chi connectivity index (χ0) is 16.4. The molecule has 4 heteroatoms. The van der Waals surface area contributed by atoms with E-state index in [0.717, 1.165) is 31.9 Å². The van der Waals surface area contributed by atoms with E-state index in [9.17, 15) is 0 Å². The predicted octanol–water partition coefficient (Wildman–Crippen LogP) is 2.97. The summed E-state index contributed by atoms with van der Waals surface area (Å²) in [4.78, 5) is 4.49. The molecule has 0 unspecified atom stereocenters. The second-order valence-electron chi connectivity index (χ2n) is 6.11. The third-order valence-electron chi connectivity index (χ3n) is 3.79. The largest absolute Gasteiger partial charge is 0.495 e. The van der Waals surface area contributed by atoms with Gasteiger partial charge in [0, 0.05) is 20.1 Å². The SMILES string of the molecule is CCCCN(C)c1ccc(CNCCCN(C)C)cc1OC. The number of unbranched alkanes of at least 4 members (excludes halogenated alkanes) is 1. The second-order valence-corrected chi connectivity index (χ2v) is 6.11. The number of benzene rings is 1. The molecule has 0 saturated heterocycles. The summed E-state index contributed by atoms with van der Waals surface area (Å²) in [6.45, 7) is 6.34. The second kappa shape index (κ2) is 10.5. The molecule has 0 heterocycles. The van der Waals surface area contributed by atoms with E-state index < -0.39 is 0 Å². The van der Waals surface area contributed by atoms with Gasteiger partial charge in [-0.3, -0.25) is 0 Å². The Bertz CT molecular complexity index is 421. The van der Waals surface area contributed by atoms with Crippen LogP contribution >= 0.6 is 0 Å². The van der Waals surface area contributed by atoms with Gasteiger partial charge in [0.2, 0.25) is 0 Å². The van der Waals surface area contributed by atoms with Crippen molar-refractivity contribution >= 4 is 5.69 Å². The first kappa shape index (κ1) is 18.8. The maximum Gasteiger partial charge on any atom is 0.142 e. The Hall–Kier alpha value is -1.26. The highest BCUT2D eigenvalue weighted by Gasteiger charge is 2.08. The lowest BCUT2D eigenvalue weighted by Crippen LogP contribution is -2.21. The van der Waals surface area contributed by atoms with Crippen molar-refractivity contribution in [2.45, 2.75) is 32.7 Å². The van der Waals surface area contributed by atoms with Crippen molar-refractivity contribution in [1.29, 1.82) is 0 Å². The van der Waals surface area contributed by atoms with Crippen molar-refractivity contribution in [2.24, 2.45) is 0 Å². The summed E-state index contributed by atoms with van der Waals surface area (Å²) in [5.74, 6) is 0.964. The average molecular weight is 307 g/mol. The quantitative estimate of drug-likeness (QED) is 0.636. The minimum absolute atomic E-state index is 0.892. The monoisotopic (exact) mass is 307 g/mol. The summed E-state index contributed by atoms with van der Waals surface area (Å²) >= 11 is 0. The van der Waals surface area contributed by atoms with Crippen LogP contribution in [0.5, 0.6) is 5.75 Å². The molecule has 0 radical (unpaired) electrons. The number of nitrogens with one attached hydrogen (secondary N) is 1. The van der Waals surface area contributed by atoms with Crippen molar-refractivity contribution in [3.05, 3.63) is 23.8 Å². The zero-order valence-corrected chi connectivity index (χ0v) is 15.0. The van der Waals surface area contributed by atoms with Gasteiger partial charge in [-0.1, -0.05) is 19.4 Å². The maximum atomic E-state index is 5.57. The van der Waals surface area contributed by atoms with E-state index in [1.807, 2.05) is 0 Å². The van der Waals surface area contributed by atoms with E-state index in [0.29, 0.717) is 0 Å². The summed E-state index contributed by atoms with van der Waals surface area (Å²) in [7, 11) is 8.10. The fourth-order valence-corrected chi connectivity index (χ4v) is 2.42. The Labute approximate surface area is 136 Å². The Kier molecular flexibility index (Phi) is 8.94. The van der Waals surface area contributed by atoms with E-state index >= 15 is 0 Å². The first-order valence-corrected chi connectivity index (χ1v) is 8.32. The molecule has 22 heavy (non-hydrogen) atoms. The molecule has 0 fully saturated rings. The minimum Gasteiger partial charge on any atom is -0.495 e. The predicted molar refractivity (Wildman–Crippen MR) is 96.0 cm³/mol. The van der Waals surface area contributed by atoms with Crippen LogP contribution in [-0.4, -0.2) is 52.8 Å². The first-order chi connectivity index (χ1) is 10.6. The Morgan fingerprint density at radius 3 is 2.50 bits per heavy atom. The molecule has 1 N–H and O–H groups in total. The van der Waals surface area contributed by atoms with Crippen molar-refractivity contribution in [3.63, 3.8) is 0 Å². The van der Waals surface area contributed by atoms with E-state index in [-0.39, 0.29) is 0 Å². The number of hydrogen-bond acceptors (Lipinski definition) is 4. The normalized spacial score (nSPS) is 11.0. The van der Waals surface area contributed by atoms with Gasteiger partial charge in [0.25, 0.3) is 0 Å². The van der Waals surface area contributed by atoms with Crippen molar-refractivity contribution < 1.29 is 4.74 Å². The lowest BCUT2D eigenvalue weighted by molar-refractivity contribution is 0.394. The number of methoxy groups -OCH3 is 1. The van der Waals surface area contributed by atoms with Gasteiger partial charge in [0.15, 0.2) is 0 Å². The standard InChI is InChI=1S/C18H33N3O/c1-6-7-13-21(4)17-10-9-16(14-18(17)22-5)15-19-11-8-12-20(2)3/h9-10,14,19H,6-8,11-13,15H2,1-5H3. The lowest BCUT2D eigenvalue weighted by atomic mass is 10.1. The molecule has 0 bridgehead atoms. The molecule has 0 aromatic heterocycles. The van der Waals surface area contributed by atoms with Gasteiger partial charge in [0.05, 0.1) is 12.8 Å². The zero-order valence-electron chi connectivity index (χ0n) is 15.0. The molecule has 1 aromatic carbocycles. The number of ether oxygens (including phenoxy) is 1. The average Bonchev–Trinajstić information content (AvgIpc) is 2.51. The smallest absolute Gasteiger partial charge is 0.142 e. The molecule has 0 atom stereocenters. The van der Waals surface area contributed by atoms with Gasteiger partial charge >= 0.3 is 0 Å². The van der Waals surface area contributed by atoms with Gasteiger partial charge in [-0.15, -0.1) is 0 Å². The van der Waals surface area contributed by atoms with Crippen LogP contribution in [0.25, 0.3) is 0 Å². The van der Waals surface area contributed by atoms with Crippen LogP contribution in [0, 0.1) is 0 Å². The summed E-state index contributed by atoms with van der Waals surface area (Å²) in [6, 6.07) is 6.52. The topological polar surface area (TPSA) is 27.7 Å². The van der Waals surface area contributed by atoms with Gasteiger partial charge < -0.3 is 19.9 Å². The molecule has 0 aliphatic rings.